The Hall–Kier alpha value is -1.53. The quantitative estimate of drug-likeness (QED) is 0.718. The van der Waals surface area contributed by atoms with Crippen molar-refractivity contribution in [2.45, 2.75) is 6.54 Å². The highest BCUT2D eigenvalue weighted by Crippen LogP contribution is 2.29. The first-order valence-electron chi connectivity index (χ1n) is 5.80. The van der Waals surface area contributed by atoms with Gasteiger partial charge in [-0.05, 0) is 34.1 Å². The minimum Gasteiger partial charge on any atom is -0.397 e. The highest BCUT2D eigenvalue weighted by molar-refractivity contribution is 9.10. The van der Waals surface area contributed by atoms with Crippen LogP contribution in [0.2, 0.25) is 0 Å². The molecule has 98 valence electrons. The van der Waals surface area contributed by atoms with Crippen LogP contribution in [0.3, 0.4) is 0 Å². The molecule has 0 fully saturated rings. The number of hydrogen-bond acceptors (Lipinski definition) is 4. The number of thiophene rings is 1. The molecule has 0 aliphatic carbocycles. The Kier molecular flexibility index (Phi) is 3.20. The van der Waals surface area contributed by atoms with E-state index in [0.717, 1.165) is 33.3 Å². The zero-order chi connectivity index (χ0) is 13.4. The largest absolute Gasteiger partial charge is 0.397 e. The third-order valence-corrected chi connectivity index (χ3v) is 4.70. The Morgan fingerprint density at radius 2 is 2.26 bits per heavy atom. The molecular formula is C13H13BrN4S. The lowest BCUT2D eigenvalue weighted by Crippen LogP contribution is -2.17. The first-order valence-corrected chi connectivity index (χ1v) is 7.47. The van der Waals surface area contributed by atoms with Crippen molar-refractivity contribution in [3.63, 3.8) is 0 Å². The highest BCUT2D eigenvalue weighted by atomic mass is 79.9. The van der Waals surface area contributed by atoms with E-state index in [1.165, 1.54) is 4.88 Å². The monoisotopic (exact) mass is 336 g/mol. The van der Waals surface area contributed by atoms with Gasteiger partial charge in [-0.25, -0.2) is 0 Å². The molecule has 0 unspecified atom stereocenters. The fourth-order valence-corrected chi connectivity index (χ4v) is 3.59. The SMILES string of the molecule is CN(Cc1cc(Br)cs1)c1cc2[nH]ncc2cc1N. The third kappa shape index (κ3) is 2.46. The molecule has 0 radical (unpaired) electrons. The van der Waals surface area contributed by atoms with Crippen molar-refractivity contribution in [2.75, 3.05) is 17.7 Å². The molecule has 0 atom stereocenters. The van der Waals surface area contributed by atoms with Gasteiger partial charge in [-0.1, -0.05) is 0 Å². The number of nitrogens with one attached hydrogen (secondary N) is 1. The first kappa shape index (κ1) is 12.5. The van der Waals surface area contributed by atoms with E-state index in [0.29, 0.717) is 0 Å². The van der Waals surface area contributed by atoms with Gasteiger partial charge in [0.1, 0.15) is 0 Å². The van der Waals surface area contributed by atoms with E-state index in [9.17, 15) is 0 Å². The van der Waals surface area contributed by atoms with E-state index < -0.39 is 0 Å². The van der Waals surface area contributed by atoms with Gasteiger partial charge in [-0.3, -0.25) is 5.10 Å². The second-order valence-electron chi connectivity index (χ2n) is 4.46. The smallest absolute Gasteiger partial charge is 0.0672 e. The van der Waals surface area contributed by atoms with E-state index in [2.05, 4.69) is 42.5 Å². The summed E-state index contributed by atoms with van der Waals surface area (Å²) >= 11 is 5.21. The van der Waals surface area contributed by atoms with Gasteiger partial charge in [0.2, 0.25) is 0 Å². The van der Waals surface area contributed by atoms with Gasteiger partial charge < -0.3 is 10.6 Å². The zero-order valence-corrected chi connectivity index (χ0v) is 12.8. The molecule has 1 aromatic carbocycles. The molecular weight excluding hydrogens is 324 g/mol. The van der Waals surface area contributed by atoms with E-state index in [4.69, 9.17) is 5.73 Å². The van der Waals surface area contributed by atoms with Crippen molar-refractivity contribution in [1.29, 1.82) is 0 Å². The van der Waals surface area contributed by atoms with E-state index in [1.807, 2.05) is 19.2 Å². The molecule has 0 bridgehead atoms. The standard InChI is InChI=1S/C13H13BrN4S/c1-18(6-10-3-9(14)7-19-10)13-4-12-8(2-11(13)15)5-16-17-12/h2-5,7H,6,15H2,1H3,(H,16,17). The van der Waals surface area contributed by atoms with Crippen LogP contribution >= 0.6 is 27.3 Å². The predicted octanol–water partition coefficient (Wildman–Crippen LogP) is 3.61. The van der Waals surface area contributed by atoms with Crippen molar-refractivity contribution in [3.8, 4) is 0 Å². The molecule has 19 heavy (non-hydrogen) atoms. The van der Waals surface area contributed by atoms with Crippen LogP contribution in [-0.4, -0.2) is 17.2 Å². The predicted molar refractivity (Wildman–Crippen MR) is 84.6 cm³/mol. The van der Waals surface area contributed by atoms with Crippen LogP contribution in [0.5, 0.6) is 0 Å². The Morgan fingerprint density at radius 1 is 1.42 bits per heavy atom. The number of benzene rings is 1. The number of nitrogens with zero attached hydrogens (tertiary/aromatic N) is 2. The second kappa shape index (κ2) is 4.86. The van der Waals surface area contributed by atoms with Gasteiger partial charge in [0.25, 0.3) is 0 Å². The van der Waals surface area contributed by atoms with Crippen LogP contribution in [0.1, 0.15) is 4.88 Å². The average molecular weight is 337 g/mol. The third-order valence-electron chi connectivity index (χ3n) is 3.01. The summed E-state index contributed by atoms with van der Waals surface area (Å²) in [5.41, 5.74) is 8.91. The van der Waals surface area contributed by atoms with Gasteiger partial charge in [0.05, 0.1) is 29.6 Å². The fraction of sp³-hybridized carbons (Fsp3) is 0.154. The lowest BCUT2D eigenvalue weighted by Gasteiger charge is -2.20. The molecule has 0 spiro atoms. The number of rotatable bonds is 3. The highest BCUT2D eigenvalue weighted by Gasteiger charge is 2.10. The van der Waals surface area contributed by atoms with Gasteiger partial charge >= 0.3 is 0 Å². The van der Waals surface area contributed by atoms with Crippen molar-refractivity contribution >= 4 is 49.5 Å². The Labute approximate surface area is 123 Å². The number of hydrogen-bond donors (Lipinski definition) is 2. The Morgan fingerprint density at radius 3 is 3.00 bits per heavy atom. The summed E-state index contributed by atoms with van der Waals surface area (Å²) in [5.74, 6) is 0. The minimum absolute atomic E-state index is 0.770. The molecule has 3 aromatic rings. The molecule has 0 saturated carbocycles. The van der Waals surface area contributed by atoms with Gasteiger partial charge in [-0.2, -0.15) is 5.10 Å². The second-order valence-corrected chi connectivity index (χ2v) is 6.37. The summed E-state index contributed by atoms with van der Waals surface area (Å²) in [6.45, 7) is 0.833. The van der Waals surface area contributed by atoms with Crippen LogP contribution in [-0.2, 0) is 6.54 Å². The number of halogens is 1. The molecule has 6 heteroatoms. The summed E-state index contributed by atoms with van der Waals surface area (Å²) in [7, 11) is 2.04. The number of anilines is 2. The number of aromatic amines is 1. The Bertz CT molecular complexity index is 718. The summed E-state index contributed by atoms with van der Waals surface area (Å²) in [4.78, 5) is 3.44. The molecule has 2 heterocycles. The minimum atomic E-state index is 0.770. The van der Waals surface area contributed by atoms with Crippen molar-refractivity contribution < 1.29 is 0 Å². The summed E-state index contributed by atoms with van der Waals surface area (Å²) in [6, 6.07) is 6.13. The molecule has 0 aliphatic heterocycles. The maximum Gasteiger partial charge on any atom is 0.0672 e. The molecule has 3 N–H and O–H groups in total. The molecule has 2 aromatic heterocycles. The van der Waals surface area contributed by atoms with Gasteiger partial charge in [-0.15, -0.1) is 11.3 Å². The number of nitrogen functional groups attached to an aromatic ring is 1. The zero-order valence-electron chi connectivity index (χ0n) is 10.4. The van der Waals surface area contributed by atoms with Crippen LogP contribution in [0.4, 0.5) is 11.4 Å². The fourth-order valence-electron chi connectivity index (χ4n) is 2.08. The maximum absolute atomic E-state index is 6.12. The summed E-state index contributed by atoms with van der Waals surface area (Å²) < 4.78 is 1.12. The average Bonchev–Trinajstić information content (AvgIpc) is 2.96. The molecule has 0 amide bonds. The molecule has 0 aliphatic rings. The number of H-pyrrole nitrogens is 1. The molecule has 0 saturated heterocycles. The lowest BCUT2D eigenvalue weighted by molar-refractivity contribution is 0.942. The number of nitrogens with two attached hydrogens (primary N) is 1. The number of aromatic nitrogens is 2. The van der Waals surface area contributed by atoms with Crippen molar-refractivity contribution in [3.05, 3.63) is 39.1 Å². The normalized spacial score (nSPS) is 11.1. The van der Waals surface area contributed by atoms with Crippen LogP contribution < -0.4 is 10.6 Å². The van der Waals surface area contributed by atoms with Crippen molar-refractivity contribution in [1.82, 2.24) is 10.2 Å². The molecule has 3 rings (SSSR count). The summed E-state index contributed by atoms with van der Waals surface area (Å²) in [6.07, 6.45) is 1.78. The van der Waals surface area contributed by atoms with Crippen LogP contribution in [0.15, 0.2) is 34.2 Å². The van der Waals surface area contributed by atoms with E-state index in [1.54, 1.807) is 17.5 Å². The first-order chi connectivity index (χ1) is 9.13. The van der Waals surface area contributed by atoms with Gasteiger partial charge in [0.15, 0.2) is 0 Å². The maximum atomic E-state index is 6.12. The van der Waals surface area contributed by atoms with E-state index >= 15 is 0 Å². The summed E-state index contributed by atoms with van der Waals surface area (Å²) in [5, 5.41) is 10.1. The topological polar surface area (TPSA) is 57.9 Å². The van der Waals surface area contributed by atoms with E-state index in [-0.39, 0.29) is 0 Å². The lowest BCUT2D eigenvalue weighted by atomic mass is 10.2. The van der Waals surface area contributed by atoms with Crippen LogP contribution in [0, 0.1) is 0 Å². The Balaban J connectivity index is 1.91. The van der Waals surface area contributed by atoms with Crippen LogP contribution in [0.25, 0.3) is 10.9 Å². The number of fused-ring (bicyclic) bond motifs is 1. The van der Waals surface area contributed by atoms with Gasteiger partial charge in [0, 0.05) is 27.2 Å². The molecule has 4 nitrogen and oxygen atoms in total. The van der Waals surface area contributed by atoms with Crippen molar-refractivity contribution in [2.24, 2.45) is 0 Å².